The van der Waals surface area contributed by atoms with Crippen molar-refractivity contribution in [3.63, 3.8) is 0 Å². The zero-order chi connectivity index (χ0) is 14.8. The van der Waals surface area contributed by atoms with Crippen LogP contribution in [0.4, 0.5) is 0 Å². The zero-order valence-electron chi connectivity index (χ0n) is 12.0. The second-order valence-corrected chi connectivity index (χ2v) is 5.33. The highest BCUT2D eigenvalue weighted by Crippen LogP contribution is 2.26. The second kappa shape index (κ2) is 5.69. The van der Waals surface area contributed by atoms with Crippen LogP contribution >= 0.6 is 0 Å². The van der Waals surface area contributed by atoms with E-state index in [9.17, 15) is 9.90 Å². The van der Waals surface area contributed by atoms with Crippen LogP contribution in [0.3, 0.4) is 0 Å². The molecule has 1 N–H and O–H groups in total. The lowest BCUT2D eigenvalue weighted by Crippen LogP contribution is -2.40. The van der Waals surface area contributed by atoms with E-state index in [4.69, 9.17) is 4.74 Å². The summed E-state index contributed by atoms with van der Waals surface area (Å²) in [5.41, 5.74) is 1.01. The van der Waals surface area contributed by atoms with E-state index in [2.05, 4.69) is 4.98 Å². The Kier molecular flexibility index (Phi) is 3.75. The van der Waals surface area contributed by atoms with Crippen LogP contribution in [0.15, 0.2) is 30.5 Å². The van der Waals surface area contributed by atoms with Crippen molar-refractivity contribution in [1.82, 2.24) is 9.88 Å². The van der Waals surface area contributed by atoms with Crippen molar-refractivity contribution in [3.05, 3.63) is 36.0 Å². The number of rotatable bonds is 2. The highest BCUT2D eigenvalue weighted by molar-refractivity contribution is 6.00. The third-order valence-electron chi connectivity index (χ3n) is 4.01. The van der Waals surface area contributed by atoms with Crippen molar-refractivity contribution in [2.45, 2.75) is 18.9 Å². The first-order valence-electron chi connectivity index (χ1n) is 7.09. The average Bonchev–Trinajstić information content (AvgIpc) is 2.53. The first kappa shape index (κ1) is 13.8. The standard InChI is InChI=1S/C16H18N2O3/c1-18(12-4-7-21-8-5-12)16(20)13-10-14-11(9-15(13)19)3-2-6-17-14/h2-3,6,9-10,12,19H,4-5,7-8H2,1H3. The molecule has 21 heavy (non-hydrogen) atoms. The van der Waals surface area contributed by atoms with Gasteiger partial charge < -0.3 is 14.7 Å². The molecule has 1 aromatic carbocycles. The molecular weight excluding hydrogens is 268 g/mol. The molecule has 0 atom stereocenters. The molecule has 3 rings (SSSR count). The number of hydrogen-bond acceptors (Lipinski definition) is 4. The van der Waals surface area contributed by atoms with E-state index in [0.717, 1.165) is 18.2 Å². The SMILES string of the molecule is CN(C(=O)c1cc2ncccc2cc1O)C1CCOCC1. The van der Waals surface area contributed by atoms with Crippen LogP contribution in [0.1, 0.15) is 23.2 Å². The van der Waals surface area contributed by atoms with Gasteiger partial charge in [0.05, 0.1) is 11.1 Å². The van der Waals surface area contributed by atoms with Crippen molar-refractivity contribution in [2.24, 2.45) is 0 Å². The number of pyridine rings is 1. The first-order valence-corrected chi connectivity index (χ1v) is 7.09. The number of phenolic OH excluding ortho intramolecular Hbond substituents is 1. The fraction of sp³-hybridized carbons (Fsp3) is 0.375. The van der Waals surface area contributed by atoms with Gasteiger partial charge in [0, 0.05) is 37.9 Å². The van der Waals surface area contributed by atoms with Gasteiger partial charge in [-0.1, -0.05) is 6.07 Å². The molecule has 0 unspecified atom stereocenters. The van der Waals surface area contributed by atoms with E-state index in [1.54, 1.807) is 36.3 Å². The minimum absolute atomic E-state index is 0.000547. The molecule has 0 spiro atoms. The highest BCUT2D eigenvalue weighted by Gasteiger charge is 2.25. The number of benzene rings is 1. The van der Waals surface area contributed by atoms with Crippen LogP contribution in [0.25, 0.3) is 10.9 Å². The van der Waals surface area contributed by atoms with E-state index in [1.807, 2.05) is 6.07 Å². The lowest BCUT2D eigenvalue weighted by atomic mass is 10.0. The number of carbonyl (C=O) groups is 1. The maximum atomic E-state index is 12.6. The number of fused-ring (bicyclic) bond motifs is 1. The van der Waals surface area contributed by atoms with E-state index < -0.39 is 0 Å². The molecule has 1 amide bonds. The largest absolute Gasteiger partial charge is 0.507 e. The molecular formula is C16H18N2O3. The Labute approximate surface area is 123 Å². The van der Waals surface area contributed by atoms with Crippen molar-refractivity contribution in [2.75, 3.05) is 20.3 Å². The molecule has 1 aliphatic rings. The van der Waals surface area contributed by atoms with Gasteiger partial charge in [0.2, 0.25) is 0 Å². The fourth-order valence-electron chi connectivity index (χ4n) is 2.71. The summed E-state index contributed by atoms with van der Waals surface area (Å²) < 4.78 is 5.32. The van der Waals surface area contributed by atoms with Gasteiger partial charge in [-0.15, -0.1) is 0 Å². The average molecular weight is 286 g/mol. The van der Waals surface area contributed by atoms with E-state index >= 15 is 0 Å². The van der Waals surface area contributed by atoms with Gasteiger partial charge in [-0.2, -0.15) is 0 Å². The number of aromatic nitrogens is 1. The van der Waals surface area contributed by atoms with Crippen LogP contribution in [-0.2, 0) is 4.74 Å². The predicted molar refractivity (Wildman–Crippen MR) is 79.3 cm³/mol. The lowest BCUT2D eigenvalue weighted by molar-refractivity contribution is 0.0361. The van der Waals surface area contributed by atoms with Crippen molar-refractivity contribution >= 4 is 16.8 Å². The number of nitrogens with zero attached hydrogens (tertiary/aromatic N) is 2. The molecule has 2 aromatic rings. The van der Waals surface area contributed by atoms with Gasteiger partial charge in [0.1, 0.15) is 5.75 Å². The molecule has 0 bridgehead atoms. The van der Waals surface area contributed by atoms with Gasteiger partial charge in [0.25, 0.3) is 5.91 Å². The van der Waals surface area contributed by atoms with Gasteiger partial charge in [0.15, 0.2) is 0 Å². The van der Waals surface area contributed by atoms with Crippen LogP contribution < -0.4 is 0 Å². The third-order valence-corrected chi connectivity index (χ3v) is 4.01. The topological polar surface area (TPSA) is 62.7 Å². The number of phenols is 1. The zero-order valence-corrected chi connectivity index (χ0v) is 12.0. The molecule has 0 aliphatic carbocycles. The van der Waals surface area contributed by atoms with Gasteiger partial charge >= 0.3 is 0 Å². The molecule has 110 valence electrons. The fourth-order valence-corrected chi connectivity index (χ4v) is 2.71. The summed E-state index contributed by atoms with van der Waals surface area (Å²) in [6.07, 6.45) is 3.33. The van der Waals surface area contributed by atoms with Crippen LogP contribution in [-0.4, -0.2) is 47.2 Å². The molecule has 1 fully saturated rings. The Morgan fingerprint density at radius 1 is 1.38 bits per heavy atom. The molecule has 1 aliphatic heterocycles. The Morgan fingerprint density at radius 3 is 2.90 bits per heavy atom. The van der Waals surface area contributed by atoms with Crippen molar-refractivity contribution < 1.29 is 14.6 Å². The van der Waals surface area contributed by atoms with Crippen molar-refractivity contribution in [1.29, 1.82) is 0 Å². The lowest BCUT2D eigenvalue weighted by Gasteiger charge is -2.31. The Morgan fingerprint density at radius 2 is 2.14 bits per heavy atom. The highest BCUT2D eigenvalue weighted by atomic mass is 16.5. The molecule has 1 aromatic heterocycles. The normalized spacial score (nSPS) is 16.0. The van der Waals surface area contributed by atoms with Crippen LogP contribution in [0.2, 0.25) is 0 Å². The summed E-state index contributed by atoms with van der Waals surface area (Å²) in [4.78, 5) is 18.5. The number of hydrogen-bond donors (Lipinski definition) is 1. The number of aromatic hydroxyl groups is 1. The molecule has 2 heterocycles. The molecule has 1 saturated heterocycles. The summed E-state index contributed by atoms with van der Waals surface area (Å²) >= 11 is 0. The molecule has 5 nitrogen and oxygen atoms in total. The monoisotopic (exact) mass is 286 g/mol. The number of ether oxygens (including phenoxy) is 1. The summed E-state index contributed by atoms with van der Waals surface area (Å²) in [5.74, 6) is -0.175. The summed E-state index contributed by atoms with van der Waals surface area (Å²) in [6, 6.07) is 7.07. The summed E-state index contributed by atoms with van der Waals surface area (Å²) in [6.45, 7) is 1.35. The number of amides is 1. The molecule has 0 saturated carbocycles. The second-order valence-electron chi connectivity index (χ2n) is 5.33. The molecule has 0 radical (unpaired) electrons. The Bertz CT molecular complexity index is 666. The van der Waals surface area contributed by atoms with Gasteiger partial charge in [-0.3, -0.25) is 9.78 Å². The quantitative estimate of drug-likeness (QED) is 0.919. The predicted octanol–water partition coefficient (Wildman–Crippen LogP) is 2.19. The van der Waals surface area contributed by atoms with Crippen molar-refractivity contribution in [3.8, 4) is 5.75 Å². The van der Waals surface area contributed by atoms with E-state index in [-0.39, 0.29) is 17.7 Å². The minimum Gasteiger partial charge on any atom is -0.507 e. The number of carbonyl (C=O) groups excluding carboxylic acids is 1. The Hall–Kier alpha value is -2.14. The van der Waals surface area contributed by atoms with E-state index in [1.165, 1.54) is 0 Å². The summed E-state index contributed by atoms with van der Waals surface area (Å²) in [7, 11) is 1.78. The third kappa shape index (κ3) is 2.69. The van der Waals surface area contributed by atoms with E-state index in [0.29, 0.717) is 24.3 Å². The Balaban J connectivity index is 1.91. The maximum Gasteiger partial charge on any atom is 0.257 e. The first-order chi connectivity index (χ1) is 10.2. The minimum atomic E-state index is -0.174. The van der Waals surface area contributed by atoms with Crippen LogP contribution in [0.5, 0.6) is 5.75 Å². The van der Waals surface area contributed by atoms with Crippen LogP contribution in [0, 0.1) is 0 Å². The molecule has 5 heteroatoms. The van der Waals surface area contributed by atoms with Gasteiger partial charge in [-0.25, -0.2) is 0 Å². The van der Waals surface area contributed by atoms with Gasteiger partial charge in [-0.05, 0) is 31.0 Å². The maximum absolute atomic E-state index is 12.6. The summed E-state index contributed by atoms with van der Waals surface area (Å²) in [5, 5.41) is 10.9. The smallest absolute Gasteiger partial charge is 0.257 e.